The van der Waals surface area contributed by atoms with E-state index in [0.29, 0.717) is 16.6 Å². The number of benzene rings is 1. The molecule has 0 N–H and O–H groups in total. The third-order valence-electron chi connectivity index (χ3n) is 2.52. The van der Waals surface area contributed by atoms with Crippen molar-refractivity contribution in [3.05, 3.63) is 47.2 Å². The standard InChI is InChI=1S/C13H9ClN2OS/c1-8-4-5-9(10(14)7-8)13-15-12(16-18-13)11-3-2-6-17-11/h2-7H,1H3. The lowest BCUT2D eigenvalue weighted by atomic mass is 10.1. The molecule has 2 aromatic heterocycles. The van der Waals surface area contributed by atoms with Crippen LogP contribution in [0.4, 0.5) is 0 Å². The fourth-order valence-corrected chi connectivity index (χ4v) is 2.72. The van der Waals surface area contributed by atoms with E-state index in [-0.39, 0.29) is 0 Å². The predicted molar refractivity (Wildman–Crippen MR) is 72.8 cm³/mol. The van der Waals surface area contributed by atoms with Gasteiger partial charge in [-0.25, -0.2) is 4.98 Å². The molecule has 0 fully saturated rings. The van der Waals surface area contributed by atoms with Crippen molar-refractivity contribution in [1.82, 2.24) is 9.36 Å². The Hall–Kier alpha value is -1.65. The highest BCUT2D eigenvalue weighted by atomic mass is 35.5. The third-order valence-corrected chi connectivity index (χ3v) is 3.58. The zero-order chi connectivity index (χ0) is 12.5. The van der Waals surface area contributed by atoms with Gasteiger partial charge in [-0.1, -0.05) is 23.7 Å². The first kappa shape index (κ1) is 11.4. The smallest absolute Gasteiger partial charge is 0.209 e. The molecule has 0 amide bonds. The van der Waals surface area contributed by atoms with Crippen LogP contribution in [0, 0.1) is 6.92 Å². The van der Waals surface area contributed by atoms with Crippen LogP contribution in [0.15, 0.2) is 41.0 Å². The summed E-state index contributed by atoms with van der Waals surface area (Å²) in [7, 11) is 0. The van der Waals surface area contributed by atoms with E-state index in [2.05, 4.69) is 9.36 Å². The number of halogens is 1. The number of hydrogen-bond acceptors (Lipinski definition) is 4. The van der Waals surface area contributed by atoms with Crippen LogP contribution in [0.3, 0.4) is 0 Å². The minimum absolute atomic E-state index is 0.594. The van der Waals surface area contributed by atoms with Gasteiger partial charge in [-0.15, -0.1) is 0 Å². The summed E-state index contributed by atoms with van der Waals surface area (Å²) in [5.41, 5.74) is 2.03. The lowest BCUT2D eigenvalue weighted by Crippen LogP contribution is -1.81. The molecule has 3 aromatic rings. The summed E-state index contributed by atoms with van der Waals surface area (Å²) < 4.78 is 9.54. The van der Waals surface area contributed by atoms with Crippen LogP contribution < -0.4 is 0 Å². The fraction of sp³-hybridized carbons (Fsp3) is 0.0769. The highest BCUT2D eigenvalue weighted by Gasteiger charge is 2.12. The van der Waals surface area contributed by atoms with Crippen LogP contribution in [0.25, 0.3) is 22.2 Å². The molecule has 0 aliphatic carbocycles. The quantitative estimate of drug-likeness (QED) is 0.695. The van der Waals surface area contributed by atoms with Gasteiger partial charge in [-0.3, -0.25) is 0 Å². The van der Waals surface area contributed by atoms with Gasteiger partial charge in [0.2, 0.25) is 5.82 Å². The lowest BCUT2D eigenvalue weighted by Gasteiger charge is -2.00. The van der Waals surface area contributed by atoms with Crippen molar-refractivity contribution in [1.29, 1.82) is 0 Å². The molecule has 5 heteroatoms. The Morgan fingerprint density at radius 1 is 1.28 bits per heavy atom. The summed E-state index contributed by atoms with van der Waals surface area (Å²) in [6, 6.07) is 9.54. The Balaban J connectivity index is 2.03. The monoisotopic (exact) mass is 276 g/mol. The Bertz CT molecular complexity index is 676. The molecule has 0 aliphatic rings. The first-order valence-electron chi connectivity index (χ1n) is 5.38. The van der Waals surface area contributed by atoms with Crippen molar-refractivity contribution in [2.75, 3.05) is 0 Å². The van der Waals surface area contributed by atoms with Crippen molar-refractivity contribution in [2.24, 2.45) is 0 Å². The van der Waals surface area contributed by atoms with Crippen LogP contribution >= 0.6 is 23.1 Å². The molecule has 0 bridgehead atoms. The summed E-state index contributed by atoms with van der Waals surface area (Å²) in [5, 5.41) is 1.49. The average Bonchev–Trinajstić information content (AvgIpc) is 2.99. The van der Waals surface area contributed by atoms with Gasteiger partial charge < -0.3 is 4.42 Å². The number of aryl methyl sites for hydroxylation is 1. The number of rotatable bonds is 2. The fourth-order valence-electron chi connectivity index (χ4n) is 1.63. The first-order chi connectivity index (χ1) is 8.74. The lowest BCUT2D eigenvalue weighted by molar-refractivity contribution is 0.578. The van der Waals surface area contributed by atoms with E-state index < -0.39 is 0 Å². The molecular formula is C13H9ClN2OS. The second-order valence-corrected chi connectivity index (χ2v) is 5.04. The maximum absolute atomic E-state index is 6.21. The first-order valence-corrected chi connectivity index (χ1v) is 6.53. The molecular weight excluding hydrogens is 268 g/mol. The zero-order valence-electron chi connectivity index (χ0n) is 9.55. The molecule has 0 saturated heterocycles. The van der Waals surface area contributed by atoms with Crippen molar-refractivity contribution >= 4 is 23.1 Å². The molecule has 18 heavy (non-hydrogen) atoms. The number of nitrogens with zero attached hydrogens (tertiary/aromatic N) is 2. The van der Waals surface area contributed by atoms with E-state index in [1.165, 1.54) is 11.5 Å². The van der Waals surface area contributed by atoms with Gasteiger partial charge in [-0.05, 0) is 42.2 Å². The van der Waals surface area contributed by atoms with Crippen LogP contribution in [0.2, 0.25) is 5.02 Å². The minimum atomic E-state index is 0.594. The molecule has 0 saturated carbocycles. The molecule has 0 radical (unpaired) electrons. The number of aromatic nitrogens is 2. The minimum Gasteiger partial charge on any atom is -0.461 e. The predicted octanol–water partition coefficient (Wildman–Crippen LogP) is 4.43. The van der Waals surface area contributed by atoms with Gasteiger partial charge in [0.05, 0.1) is 11.3 Å². The molecule has 0 aliphatic heterocycles. The van der Waals surface area contributed by atoms with Gasteiger partial charge in [0, 0.05) is 5.56 Å². The van der Waals surface area contributed by atoms with E-state index in [1.54, 1.807) is 6.26 Å². The summed E-state index contributed by atoms with van der Waals surface area (Å²) in [5.74, 6) is 1.26. The van der Waals surface area contributed by atoms with E-state index >= 15 is 0 Å². The summed E-state index contributed by atoms with van der Waals surface area (Å²) >= 11 is 7.53. The van der Waals surface area contributed by atoms with Crippen molar-refractivity contribution in [3.8, 4) is 22.2 Å². The summed E-state index contributed by atoms with van der Waals surface area (Å²) in [6.45, 7) is 2.00. The van der Waals surface area contributed by atoms with Gasteiger partial charge in [0.15, 0.2) is 5.76 Å². The molecule has 3 rings (SSSR count). The van der Waals surface area contributed by atoms with Crippen LogP contribution in [-0.2, 0) is 0 Å². The topological polar surface area (TPSA) is 38.9 Å². The summed E-state index contributed by atoms with van der Waals surface area (Å²) in [4.78, 5) is 4.44. The van der Waals surface area contributed by atoms with E-state index in [0.717, 1.165) is 16.1 Å². The highest BCUT2D eigenvalue weighted by molar-refractivity contribution is 7.09. The van der Waals surface area contributed by atoms with Crippen molar-refractivity contribution in [3.63, 3.8) is 0 Å². The maximum atomic E-state index is 6.21. The summed E-state index contributed by atoms with van der Waals surface area (Å²) in [6.07, 6.45) is 1.61. The molecule has 0 unspecified atom stereocenters. The van der Waals surface area contributed by atoms with Crippen molar-refractivity contribution < 1.29 is 4.42 Å². The molecule has 90 valence electrons. The van der Waals surface area contributed by atoms with Crippen LogP contribution in [-0.4, -0.2) is 9.36 Å². The SMILES string of the molecule is Cc1ccc(-c2nc(-c3ccco3)ns2)c(Cl)c1. The Morgan fingerprint density at radius 3 is 2.89 bits per heavy atom. The number of furan rings is 1. The van der Waals surface area contributed by atoms with Gasteiger partial charge >= 0.3 is 0 Å². The highest BCUT2D eigenvalue weighted by Crippen LogP contribution is 2.31. The number of hydrogen-bond donors (Lipinski definition) is 0. The third kappa shape index (κ3) is 2.05. The second-order valence-electron chi connectivity index (χ2n) is 3.88. The molecule has 2 heterocycles. The van der Waals surface area contributed by atoms with E-state index in [4.69, 9.17) is 16.0 Å². The van der Waals surface area contributed by atoms with E-state index in [9.17, 15) is 0 Å². The van der Waals surface area contributed by atoms with Crippen LogP contribution in [0.1, 0.15) is 5.56 Å². The largest absolute Gasteiger partial charge is 0.461 e. The van der Waals surface area contributed by atoms with Gasteiger partial charge in [-0.2, -0.15) is 4.37 Å². The normalized spacial score (nSPS) is 10.8. The average molecular weight is 277 g/mol. The molecule has 0 atom stereocenters. The Kier molecular flexibility index (Phi) is 2.89. The maximum Gasteiger partial charge on any atom is 0.209 e. The molecule has 1 aromatic carbocycles. The Morgan fingerprint density at radius 2 is 2.17 bits per heavy atom. The second kappa shape index (κ2) is 4.55. The molecule has 0 spiro atoms. The van der Waals surface area contributed by atoms with E-state index in [1.807, 2.05) is 37.3 Å². The van der Waals surface area contributed by atoms with Gasteiger partial charge in [0.25, 0.3) is 0 Å². The molecule has 3 nitrogen and oxygen atoms in total. The van der Waals surface area contributed by atoms with Crippen molar-refractivity contribution in [2.45, 2.75) is 6.92 Å². The van der Waals surface area contributed by atoms with Crippen LogP contribution in [0.5, 0.6) is 0 Å². The Labute approximate surface area is 113 Å². The van der Waals surface area contributed by atoms with Gasteiger partial charge in [0.1, 0.15) is 5.01 Å². The zero-order valence-corrected chi connectivity index (χ0v) is 11.1.